The highest BCUT2D eigenvalue weighted by Crippen LogP contribution is 2.22. The van der Waals surface area contributed by atoms with E-state index in [1.54, 1.807) is 13.2 Å². The first-order valence-electron chi connectivity index (χ1n) is 7.40. The van der Waals surface area contributed by atoms with Crippen molar-refractivity contribution >= 4 is 0 Å². The van der Waals surface area contributed by atoms with Crippen LogP contribution in [0.2, 0.25) is 0 Å². The van der Waals surface area contributed by atoms with Crippen LogP contribution < -0.4 is 0 Å². The summed E-state index contributed by atoms with van der Waals surface area (Å²) in [6.07, 6.45) is 5.30. The maximum absolute atomic E-state index is 9.33. The Morgan fingerprint density at radius 1 is 1.37 bits per heavy atom. The molecule has 1 aliphatic rings. The highest BCUT2D eigenvalue weighted by molar-refractivity contribution is 4.99. The Morgan fingerprint density at radius 2 is 2.05 bits per heavy atom. The summed E-state index contributed by atoms with van der Waals surface area (Å²) in [6, 6.07) is 0.653. The molecule has 0 bridgehead atoms. The minimum Gasteiger partial charge on any atom is -0.449 e. The first-order chi connectivity index (χ1) is 9.04. The van der Waals surface area contributed by atoms with Gasteiger partial charge in [-0.15, -0.1) is 0 Å². The summed E-state index contributed by atoms with van der Waals surface area (Å²) in [5, 5.41) is 9.33. The third kappa shape index (κ3) is 4.32. The zero-order valence-electron chi connectivity index (χ0n) is 12.3. The predicted molar refractivity (Wildman–Crippen MR) is 75.0 cm³/mol. The Kier molecular flexibility index (Phi) is 4.99. The average molecular weight is 266 g/mol. The average Bonchev–Trinajstić information content (AvgIpc) is 2.76. The van der Waals surface area contributed by atoms with Crippen molar-refractivity contribution in [3.8, 4) is 0 Å². The van der Waals surface area contributed by atoms with Crippen molar-refractivity contribution in [1.29, 1.82) is 0 Å². The Labute approximate surface area is 115 Å². The topological polar surface area (TPSA) is 49.5 Å². The first kappa shape index (κ1) is 14.5. The lowest BCUT2D eigenvalue weighted by Gasteiger charge is -2.34. The van der Waals surface area contributed by atoms with Crippen LogP contribution in [0, 0.1) is 5.92 Å². The molecule has 1 aromatic rings. The third-order valence-corrected chi connectivity index (χ3v) is 3.95. The van der Waals surface area contributed by atoms with Crippen LogP contribution in [0.5, 0.6) is 0 Å². The fourth-order valence-electron chi connectivity index (χ4n) is 2.76. The van der Waals surface area contributed by atoms with Crippen LogP contribution in [0.25, 0.3) is 0 Å². The molecular weight excluding hydrogens is 240 g/mol. The monoisotopic (exact) mass is 266 g/mol. The molecule has 1 unspecified atom stereocenters. The van der Waals surface area contributed by atoms with Crippen molar-refractivity contribution in [2.24, 2.45) is 5.92 Å². The molecular formula is C15H26N2O2. The van der Waals surface area contributed by atoms with E-state index in [9.17, 15) is 5.11 Å². The lowest BCUT2D eigenvalue weighted by Crippen LogP contribution is -2.38. The molecule has 0 radical (unpaired) electrons. The molecule has 108 valence electrons. The second-order valence-electron chi connectivity index (χ2n) is 6.06. The van der Waals surface area contributed by atoms with E-state index in [1.807, 2.05) is 0 Å². The highest BCUT2D eigenvalue weighted by atomic mass is 16.3. The molecule has 4 heteroatoms. The van der Waals surface area contributed by atoms with Crippen LogP contribution in [0.3, 0.4) is 0 Å². The number of rotatable bonds is 5. The van der Waals surface area contributed by atoms with Crippen molar-refractivity contribution in [3.63, 3.8) is 0 Å². The molecule has 1 saturated heterocycles. The molecule has 1 fully saturated rings. The van der Waals surface area contributed by atoms with Gasteiger partial charge >= 0.3 is 0 Å². The van der Waals surface area contributed by atoms with E-state index in [0.717, 1.165) is 18.0 Å². The van der Waals surface area contributed by atoms with E-state index >= 15 is 0 Å². The maximum atomic E-state index is 9.33. The predicted octanol–water partition coefficient (Wildman–Crippen LogP) is 2.26. The van der Waals surface area contributed by atoms with Gasteiger partial charge in [-0.2, -0.15) is 0 Å². The van der Waals surface area contributed by atoms with Gasteiger partial charge in [-0.3, -0.25) is 0 Å². The molecule has 1 aliphatic heterocycles. The van der Waals surface area contributed by atoms with Crippen LogP contribution in [0.1, 0.15) is 45.2 Å². The Balaban J connectivity index is 1.80. The lowest BCUT2D eigenvalue weighted by molar-refractivity contribution is 0.146. The summed E-state index contributed by atoms with van der Waals surface area (Å²) in [6.45, 7) is 8.66. The van der Waals surface area contributed by atoms with Gasteiger partial charge in [-0.05, 0) is 52.6 Å². The molecule has 0 spiro atoms. The number of piperidine rings is 1. The summed E-state index contributed by atoms with van der Waals surface area (Å²) >= 11 is 0. The number of hydrogen-bond acceptors (Lipinski definition) is 4. The van der Waals surface area contributed by atoms with Gasteiger partial charge in [-0.1, -0.05) is 0 Å². The molecule has 2 heterocycles. The smallest absolute Gasteiger partial charge is 0.194 e. The van der Waals surface area contributed by atoms with Crippen LogP contribution in [-0.4, -0.2) is 40.2 Å². The van der Waals surface area contributed by atoms with Crippen molar-refractivity contribution < 1.29 is 9.52 Å². The van der Waals surface area contributed by atoms with Gasteiger partial charge in [0.25, 0.3) is 0 Å². The normalized spacial score (nSPS) is 20.1. The number of likely N-dealkylation sites (tertiary alicyclic amines) is 1. The summed E-state index contributed by atoms with van der Waals surface area (Å²) in [5.74, 6) is 1.52. The summed E-state index contributed by atoms with van der Waals surface area (Å²) in [7, 11) is 0. The van der Waals surface area contributed by atoms with Crippen LogP contribution in [0.4, 0.5) is 0 Å². The van der Waals surface area contributed by atoms with E-state index in [1.165, 1.54) is 25.9 Å². The summed E-state index contributed by atoms with van der Waals surface area (Å²) in [4.78, 5) is 6.99. The molecule has 0 aliphatic carbocycles. The van der Waals surface area contributed by atoms with Crippen LogP contribution >= 0.6 is 0 Å². The minimum absolute atomic E-state index is 0.354. The number of oxazole rings is 1. The molecule has 0 saturated carbocycles. The molecule has 0 aromatic carbocycles. The standard InChI is InChI=1S/C15H26N2O2/c1-11(2)17-6-4-13(5-7-17)9-15-16-14(10-19-15)8-12(3)18/h10-13,18H,4-9H2,1-3H3. The van der Waals surface area contributed by atoms with Crippen molar-refractivity contribution in [2.75, 3.05) is 13.1 Å². The molecule has 1 atom stereocenters. The zero-order valence-corrected chi connectivity index (χ0v) is 12.3. The fraction of sp³-hybridized carbons (Fsp3) is 0.800. The van der Waals surface area contributed by atoms with Gasteiger partial charge in [0.2, 0.25) is 0 Å². The highest BCUT2D eigenvalue weighted by Gasteiger charge is 2.22. The van der Waals surface area contributed by atoms with Crippen molar-refractivity contribution in [1.82, 2.24) is 9.88 Å². The number of nitrogens with zero attached hydrogens (tertiary/aromatic N) is 2. The van der Waals surface area contributed by atoms with Gasteiger partial charge in [0, 0.05) is 18.9 Å². The Morgan fingerprint density at radius 3 is 2.63 bits per heavy atom. The van der Waals surface area contributed by atoms with Gasteiger partial charge in [0.05, 0.1) is 11.8 Å². The zero-order chi connectivity index (χ0) is 13.8. The SMILES string of the molecule is CC(O)Cc1coc(CC2CCN(C(C)C)CC2)n1. The minimum atomic E-state index is -0.354. The van der Waals surface area contributed by atoms with Gasteiger partial charge < -0.3 is 14.4 Å². The van der Waals surface area contributed by atoms with E-state index in [-0.39, 0.29) is 6.10 Å². The molecule has 2 rings (SSSR count). The first-order valence-corrected chi connectivity index (χ1v) is 7.40. The van der Waals surface area contributed by atoms with E-state index in [2.05, 4.69) is 23.7 Å². The fourth-order valence-corrected chi connectivity index (χ4v) is 2.76. The largest absolute Gasteiger partial charge is 0.449 e. The maximum Gasteiger partial charge on any atom is 0.194 e. The molecule has 1 aromatic heterocycles. The Bertz CT molecular complexity index is 379. The lowest BCUT2D eigenvalue weighted by atomic mass is 9.93. The molecule has 4 nitrogen and oxygen atoms in total. The number of aromatic nitrogens is 1. The number of aliphatic hydroxyl groups is 1. The Hall–Kier alpha value is -0.870. The third-order valence-electron chi connectivity index (χ3n) is 3.95. The van der Waals surface area contributed by atoms with Gasteiger partial charge in [-0.25, -0.2) is 4.98 Å². The van der Waals surface area contributed by atoms with Gasteiger partial charge in [0.1, 0.15) is 6.26 Å². The summed E-state index contributed by atoms with van der Waals surface area (Å²) in [5.41, 5.74) is 0.865. The second-order valence-corrected chi connectivity index (χ2v) is 6.06. The quantitative estimate of drug-likeness (QED) is 0.888. The second kappa shape index (κ2) is 6.53. The van der Waals surface area contributed by atoms with E-state index < -0.39 is 0 Å². The van der Waals surface area contributed by atoms with Crippen molar-refractivity contribution in [3.05, 3.63) is 17.8 Å². The molecule has 19 heavy (non-hydrogen) atoms. The van der Waals surface area contributed by atoms with E-state index in [4.69, 9.17) is 4.42 Å². The summed E-state index contributed by atoms with van der Waals surface area (Å²) < 4.78 is 5.51. The van der Waals surface area contributed by atoms with Gasteiger partial charge in [0.15, 0.2) is 5.89 Å². The van der Waals surface area contributed by atoms with Crippen molar-refractivity contribution in [2.45, 2.75) is 58.6 Å². The van der Waals surface area contributed by atoms with Crippen LogP contribution in [0.15, 0.2) is 10.7 Å². The van der Waals surface area contributed by atoms with Crippen LogP contribution in [-0.2, 0) is 12.8 Å². The van der Waals surface area contributed by atoms with E-state index in [0.29, 0.717) is 18.4 Å². The number of aliphatic hydroxyl groups excluding tert-OH is 1. The number of hydrogen-bond donors (Lipinski definition) is 1. The molecule has 1 N–H and O–H groups in total. The molecule has 0 amide bonds.